The van der Waals surface area contributed by atoms with E-state index in [-0.39, 0.29) is 36.2 Å². The Morgan fingerprint density at radius 1 is 1.04 bits per heavy atom. The zero-order valence-electron chi connectivity index (χ0n) is 14.3. The van der Waals surface area contributed by atoms with Gasteiger partial charge in [-0.05, 0) is 39.5 Å². The van der Waals surface area contributed by atoms with Crippen molar-refractivity contribution in [3.05, 3.63) is 0 Å². The molecule has 6 heteroatoms. The molecule has 0 spiro atoms. The van der Waals surface area contributed by atoms with E-state index in [1.54, 1.807) is 4.90 Å². The van der Waals surface area contributed by atoms with E-state index in [1.807, 2.05) is 13.8 Å². The lowest BCUT2D eigenvalue weighted by Crippen LogP contribution is -2.50. The highest BCUT2D eigenvalue weighted by atomic mass is 16.2. The third-order valence-corrected chi connectivity index (χ3v) is 4.67. The highest BCUT2D eigenvalue weighted by molar-refractivity contribution is 5.91. The first kappa shape index (κ1) is 17.8. The number of hydrogen-bond donors (Lipinski definition) is 2. The summed E-state index contributed by atoms with van der Waals surface area (Å²) in [5.74, 6) is -0.183. The van der Waals surface area contributed by atoms with Crippen LogP contribution in [0.1, 0.15) is 58.8 Å². The van der Waals surface area contributed by atoms with Crippen molar-refractivity contribution in [1.82, 2.24) is 15.5 Å². The summed E-state index contributed by atoms with van der Waals surface area (Å²) in [6.45, 7) is 4.38. The van der Waals surface area contributed by atoms with Gasteiger partial charge in [-0.3, -0.25) is 14.4 Å². The Morgan fingerprint density at radius 2 is 1.74 bits per heavy atom. The Bertz CT molecular complexity index is 444. The van der Waals surface area contributed by atoms with Crippen LogP contribution in [0.3, 0.4) is 0 Å². The number of rotatable bonds is 5. The largest absolute Gasteiger partial charge is 0.352 e. The van der Waals surface area contributed by atoms with Crippen molar-refractivity contribution in [1.29, 1.82) is 0 Å². The van der Waals surface area contributed by atoms with Gasteiger partial charge in [0.2, 0.25) is 17.7 Å². The van der Waals surface area contributed by atoms with Gasteiger partial charge in [-0.2, -0.15) is 0 Å². The molecule has 130 valence electrons. The fourth-order valence-electron chi connectivity index (χ4n) is 3.55. The van der Waals surface area contributed by atoms with E-state index in [2.05, 4.69) is 10.6 Å². The molecule has 1 atom stereocenters. The topological polar surface area (TPSA) is 78.5 Å². The first-order chi connectivity index (χ1) is 11.0. The maximum atomic E-state index is 12.7. The zero-order chi connectivity index (χ0) is 16.8. The van der Waals surface area contributed by atoms with E-state index in [0.717, 1.165) is 32.1 Å². The minimum absolute atomic E-state index is 0.0288. The lowest BCUT2D eigenvalue weighted by Gasteiger charge is -2.30. The maximum absolute atomic E-state index is 12.7. The second-order valence-corrected chi connectivity index (χ2v) is 6.96. The molecule has 3 amide bonds. The Hall–Kier alpha value is -1.59. The van der Waals surface area contributed by atoms with Gasteiger partial charge >= 0.3 is 0 Å². The molecule has 0 aromatic rings. The lowest BCUT2D eigenvalue weighted by atomic mass is 9.88. The molecule has 0 aromatic carbocycles. The molecule has 2 N–H and O–H groups in total. The molecule has 1 aliphatic carbocycles. The third-order valence-electron chi connectivity index (χ3n) is 4.67. The van der Waals surface area contributed by atoms with Crippen molar-refractivity contribution >= 4 is 17.7 Å². The number of likely N-dealkylation sites (tertiary alicyclic amines) is 1. The van der Waals surface area contributed by atoms with Crippen molar-refractivity contribution < 1.29 is 14.4 Å². The summed E-state index contributed by atoms with van der Waals surface area (Å²) in [4.78, 5) is 38.4. The second-order valence-electron chi connectivity index (χ2n) is 6.96. The standard InChI is InChI=1S/C17H29N3O3/c1-12(2)19-15(21)11-18-16(22)14-9-6-10-20(14)17(23)13-7-4-3-5-8-13/h12-14H,3-11H2,1-2H3,(H,18,22)(H,19,21)/t14-/m1/s1. The average molecular weight is 323 g/mol. The molecule has 1 saturated carbocycles. The lowest BCUT2D eigenvalue weighted by molar-refractivity contribution is -0.142. The predicted octanol–water partition coefficient (Wildman–Crippen LogP) is 1.20. The van der Waals surface area contributed by atoms with E-state index in [9.17, 15) is 14.4 Å². The van der Waals surface area contributed by atoms with Gasteiger partial charge in [0.1, 0.15) is 6.04 Å². The number of hydrogen-bond acceptors (Lipinski definition) is 3. The molecule has 6 nitrogen and oxygen atoms in total. The number of carbonyl (C=O) groups is 3. The van der Waals surface area contributed by atoms with Gasteiger partial charge in [-0.15, -0.1) is 0 Å². The molecule has 2 rings (SSSR count). The van der Waals surface area contributed by atoms with Crippen LogP contribution in [0.2, 0.25) is 0 Å². The molecule has 1 aliphatic heterocycles. The molecule has 2 aliphatic rings. The number of nitrogens with one attached hydrogen (secondary N) is 2. The highest BCUT2D eigenvalue weighted by Crippen LogP contribution is 2.28. The normalized spacial score (nSPS) is 22.2. The average Bonchev–Trinajstić information content (AvgIpc) is 3.01. The SMILES string of the molecule is CC(C)NC(=O)CNC(=O)[C@H]1CCCN1C(=O)C1CCCCC1. The molecule has 1 heterocycles. The molecule has 0 bridgehead atoms. The van der Waals surface area contributed by atoms with E-state index >= 15 is 0 Å². The van der Waals surface area contributed by atoms with Crippen LogP contribution >= 0.6 is 0 Å². The molecule has 0 aromatic heterocycles. The van der Waals surface area contributed by atoms with Crippen molar-refractivity contribution in [2.24, 2.45) is 5.92 Å². The summed E-state index contributed by atoms with van der Waals surface area (Å²) in [5, 5.41) is 5.41. The highest BCUT2D eigenvalue weighted by Gasteiger charge is 2.37. The minimum atomic E-state index is -0.406. The summed E-state index contributed by atoms with van der Waals surface area (Å²) < 4.78 is 0. The van der Waals surface area contributed by atoms with E-state index < -0.39 is 6.04 Å². The van der Waals surface area contributed by atoms with E-state index in [0.29, 0.717) is 13.0 Å². The van der Waals surface area contributed by atoms with Crippen LogP contribution in [0, 0.1) is 5.92 Å². The Morgan fingerprint density at radius 3 is 2.39 bits per heavy atom. The zero-order valence-corrected chi connectivity index (χ0v) is 14.3. The second kappa shape index (κ2) is 8.31. The molecule has 1 saturated heterocycles. The fourth-order valence-corrected chi connectivity index (χ4v) is 3.55. The monoisotopic (exact) mass is 323 g/mol. The summed E-state index contributed by atoms with van der Waals surface area (Å²) in [6, 6.07) is -0.355. The van der Waals surface area contributed by atoms with Crippen LogP contribution < -0.4 is 10.6 Å². The van der Waals surface area contributed by atoms with Crippen LogP contribution in [0.25, 0.3) is 0 Å². The van der Waals surface area contributed by atoms with Crippen LogP contribution in [-0.4, -0.2) is 47.8 Å². The summed E-state index contributed by atoms with van der Waals surface area (Å²) >= 11 is 0. The van der Waals surface area contributed by atoms with Crippen molar-refractivity contribution in [2.75, 3.05) is 13.1 Å². The third kappa shape index (κ3) is 4.94. The quantitative estimate of drug-likeness (QED) is 0.798. The molecular weight excluding hydrogens is 294 g/mol. The van der Waals surface area contributed by atoms with Gasteiger partial charge in [-0.25, -0.2) is 0 Å². The number of carbonyl (C=O) groups excluding carboxylic acids is 3. The molecule has 2 fully saturated rings. The first-order valence-electron chi connectivity index (χ1n) is 8.86. The Labute approximate surface area is 138 Å². The van der Waals surface area contributed by atoms with Gasteiger partial charge in [0, 0.05) is 18.5 Å². The fraction of sp³-hybridized carbons (Fsp3) is 0.824. The summed E-state index contributed by atoms with van der Waals surface area (Å²) in [5.41, 5.74) is 0. The van der Waals surface area contributed by atoms with Gasteiger partial charge in [0.25, 0.3) is 0 Å². The predicted molar refractivity (Wildman–Crippen MR) is 87.6 cm³/mol. The first-order valence-corrected chi connectivity index (χ1v) is 8.86. The summed E-state index contributed by atoms with van der Waals surface area (Å²) in [7, 11) is 0. The van der Waals surface area contributed by atoms with E-state index in [1.165, 1.54) is 6.42 Å². The molecule has 0 radical (unpaired) electrons. The van der Waals surface area contributed by atoms with Gasteiger partial charge < -0.3 is 15.5 Å². The van der Waals surface area contributed by atoms with Gasteiger partial charge in [0.05, 0.1) is 6.54 Å². The Balaban J connectivity index is 1.86. The van der Waals surface area contributed by atoms with Crippen LogP contribution in [0.4, 0.5) is 0 Å². The smallest absolute Gasteiger partial charge is 0.243 e. The molecule has 0 unspecified atom stereocenters. The van der Waals surface area contributed by atoms with Gasteiger partial charge in [-0.1, -0.05) is 19.3 Å². The number of amides is 3. The summed E-state index contributed by atoms with van der Waals surface area (Å²) in [6.07, 6.45) is 6.86. The van der Waals surface area contributed by atoms with Gasteiger partial charge in [0.15, 0.2) is 0 Å². The van der Waals surface area contributed by atoms with Crippen LogP contribution in [-0.2, 0) is 14.4 Å². The van der Waals surface area contributed by atoms with Crippen LogP contribution in [0.15, 0.2) is 0 Å². The Kier molecular flexibility index (Phi) is 6.42. The van der Waals surface area contributed by atoms with Crippen molar-refractivity contribution in [3.63, 3.8) is 0 Å². The molecular formula is C17H29N3O3. The molecule has 23 heavy (non-hydrogen) atoms. The van der Waals surface area contributed by atoms with Crippen molar-refractivity contribution in [3.8, 4) is 0 Å². The van der Waals surface area contributed by atoms with Crippen LogP contribution in [0.5, 0.6) is 0 Å². The van der Waals surface area contributed by atoms with E-state index in [4.69, 9.17) is 0 Å². The maximum Gasteiger partial charge on any atom is 0.243 e. The number of nitrogens with zero attached hydrogens (tertiary/aromatic N) is 1. The van der Waals surface area contributed by atoms with Crippen molar-refractivity contribution in [2.45, 2.75) is 70.9 Å². The minimum Gasteiger partial charge on any atom is -0.352 e.